The smallest absolute Gasteiger partial charge is 0.0354 e. The summed E-state index contributed by atoms with van der Waals surface area (Å²) in [6, 6.07) is 0. The van der Waals surface area contributed by atoms with E-state index in [-0.39, 0.29) is 0 Å². The van der Waals surface area contributed by atoms with E-state index in [1.165, 1.54) is 57.8 Å². The van der Waals surface area contributed by atoms with E-state index in [2.05, 4.69) is 27.7 Å². The highest BCUT2D eigenvalue weighted by molar-refractivity contribution is 4.77. The van der Waals surface area contributed by atoms with E-state index in [1.54, 1.807) is 0 Å². The van der Waals surface area contributed by atoms with Crippen LogP contribution < -0.4 is 0 Å². The number of hydrogen-bond donors (Lipinski definition) is 0. The Balaban J connectivity index is 2.34. The lowest BCUT2D eigenvalue weighted by atomic mass is 9.72. The molecule has 1 rings (SSSR count). The van der Waals surface area contributed by atoms with Gasteiger partial charge in [-0.05, 0) is 36.5 Å². The SMILES string of the molecule is CCCC(C)(C)CCC1CCCCC1CC. The lowest BCUT2D eigenvalue weighted by Gasteiger charge is -2.34. The molecule has 0 bridgehead atoms. The fourth-order valence-corrected chi connectivity index (χ4v) is 3.58. The Morgan fingerprint density at radius 2 is 1.56 bits per heavy atom. The average Bonchev–Trinajstić information content (AvgIpc) is 2.27. The Hall–Kier alpha value is 0. The molecule has 0 aromatic heterocycles. The minimum Gasteiger partial charge on any atom is -0.0654 e. The molecule has 0 aromatic carbocycles. The van der Waals surface area contributed by atoms with Crippen LogP contribution in [-0.2, 0) is 0 Å². The quantitative estimate of drug-likeness (QED) is 0.534. The molecule has 16 heavy (non-hydrogen) atoms. The van der Waals surface area contributed by atoms with Crippen LogP contribution in [0, 0.1) is 17.3 Å². The fraction of sp³-hybridized carbons (Fsp3) is 1.00. The van der Waals surface area contributed by atoms with E-state index >= 15 is 0 Å². The van der Waals surface area contributed by atoms with E-state index in [9.17, 15) is 0 Å². The molecular formula is C16H32. The molecule has 1 aliphatic carbocycles. The standard InChI is InChI=1S/C16H32/c1-5-12-16(3,4)13-11-15-10-8-7-9-14(15)6-2/h14-15H,5-13H2,1-4H3. The van der Waals surface area contributed by atoms with E-state index < -0.39 is 0 Å². The van der Waals surface area contributed by atoms with Gasteiger partial charge in [0, 0.05) is 0 Å². The largest absolute Gasteiger partial charge is 0.0654 e. The number of rotatable bonds is 6. The summed E-state index contributed by atoms with van der Waals surface area (Å²) < 4.78 is 0. The molecule has 0 heterocycles. The molecule has 96 valence electrons. The Bertz CT molecular complexity index is 180. The monoisotopic (exact) mass is 224 g/mol. The van der Waals surface area contributed by atoms with E-state index in [0.29, 0.717) is 5.41 Å². The molecule has 0 aliphatic heterocycles. The van der Waals surface area contributed by atoms with Crippen molar-refractivity contribution in [2.75, 3.05) is 0 Å². The highest BCUT2D eigenvalue weighted by Crippen LogP contribution is 2.38. The van der Waals surface area contributed by atoms with Gasteiger partial charge in [0.05, 0.1) is 0 Å². The van der Waals surface area contributed by atoms with Gasteiger partial charge in [-0.3, -0.25) is 0 Å². The fourth-order valence-electron chi connectivity index (χ4n) is 3.58. The van der Waals surface area contributed by atoms with Gasteiger partial charge < -0.3 is 0 Å². The summed E-state index contributed by atoms with van der Waals surface area (Å²) >= 11 is 0. The second-order valence-electron chi connectivity index (χ2n) is 6.67. The van der Waals surface area contributed by atoms with Crippen LogP contribution in [0.1, 0.15) is 85.5 Å². The summed E-state index contributed by atoms with van der Waals surface area (Å²) in [5, 5.41) is 0. The van der Waals surface area contributed by atoms with Crippen molar-refractivity contribution in [3.05, 3.63) is 0 Å². The van der Waals surface area contributed by atoms with E-state index in [1.807, 2.05) is 0 Å². The molecular weight excluding hydrogens is 192 g/mol. The zero-order chi connectivity index (χ0) is 12.0. The predicted octanol–water partition coefficient (Wildman–Crippen LogP) is 5.81. The molecule has 2 atom stereocenters. The zero-order valence-corrected chi connectivity index (χ0v) is 12.0. The third-order valence-corrected chi connectivity index (χ3v) is 4.71. The first-order valence-corrected chi connectivity index (χ1v) is 7.59. The maximum atomic E-state index is 2.46. The van der Waals surface area contributed by atoms with Crippen LogP contribution in [0.25, 0.3) is 0 Å². The molecule has 1 fully saturated rings. The second kappa shape index (κ2) is 6.67. The summed E-state index contributed by atoms with van der Waals surface area (Å²) in [5.74, 6) is 2.10. The predicted molar refractivity (Wildman–Crippen MR) is 73.7 cm³/mol. The van der Waals surface area contributed by atoms with Gasteiger partial charge in [-0.25, -0.2) is 0 Å². The molecule has 0 nitrogen and oxygen atoms in total. The van der Waals surface area contributed by atoms with E-state index in [0.717, 1.165) is 11.8 Å². The van der Waals surface area contributed by atoms with Crippen LogP contribution in [0.3, 0.4) is 0 Å². The Morgan fingerprint density at radius 1 is 0.938 bits per heavy atom. The normalized spacial score (nSPS) is 27.0. The van der Waals surface area contributed by atoms with Crippen LogP contribution >= 0.6 is 0 Å². The third kappa shape index (κ3) is 4.47. The minimum atomic E-state index is 0.588. The van der Waals surface area contributed by atoms with Gasteiger partial charge in [-0.15, -0.1) is 0 Å². The summed E-state index contributed by atoms with van der Waals surface area (Å²) in [7, 11) is 0. The van der Waals surface area contributed by atoms with Crippen molar-refractivity contribution in [1.82, 2.24) is 0 Å². The molecule has 0 heteroatoms. The summed E-state index contributed by atoms with van der Waals surface area (Å²) in [6.45, 7) is 9.62. The van der Waals surface area contributed by atoms with Crippen molar-refractivity contribution in [3.8, 4) is 0 Å². The first kappa shape index (κ1) is 14.1. The first-order chi connectivity index (χ1) is 7.59. The van der Waals surface area contributed by atoms with Crippen LogP contribution in [0.5, 0.6) is 0 Å². The molecule has 0 spiro atoms. The lowest BCUT2D eigenvalue weighted by molar-refractivity contribution is 0.181. The molecule has 0 saturated heterocycles. The molecule has 2 unspecified atom stereocenters. The highest BCUT2D eigenvalue weighted by Gasteiger charge is 2.26. The molecule has 1 aliphatic rings. The van der Waals surface area contributed by atoms with E-state index in [4.69, 9.17) is 0 Å². The van der Waals surface area contributed by atoms with Crippen molar-refractivity contribution < 1.29 is 0 Å². The maximum Gasteiger partial charge on any atom is -0.0354 e. The molecule has 1 saturated carbocycles. The van der Waals surface area contributed by atoms with Gasteiger partial charge in [0.2, 0.25) is 0 Å². The Kier molecular flexibility index (Phi) is 5.86. The van der Waals surface area contributed by atoms with Gasteiger partial charge in [0.15, 0.2) is 0 Å². The van der Waals surface area contributed by atoms with Gasteiger partial charge in [0.25, 0.3) is 0 Å². The van der Waals surface area contributed by atoms with Crippen LogP contribution in [0.15, 0.2) is 0 Å². The second-order valence-corrected chi connectivity index (χ2v) is 6.67. The van der Waals surface area contributed by atoms with Crippen molar-refractivity contribution in [2.45, 2.75) is 85.5 Å². The van der Waals surface area contributed by atoms with Crippen LogP contribution in [0.4, 0.5) is 0 Å². The van der Waals surface area contributed by atoms with Crippen LogP contribution in [0.2, 0.25) is 0 Å². The minimum absolute atomic E-state index is 0.588. The van der Waals surface area contributed by atoms with Crippen molar-refractivity contribution in [2.24, 2.45) is 17.3 Å². The third-order valence-electron chi connectivity index (χ3n) is 4.71. The maximum absolute atomic E-state index is 2.46. The topological polar surface area (TPSA) is 0 Å². The van der Waals surface area contributed by atoms with Crippen molar-refractivity contribution in [1.29, 1.82) is 0 Å². The Morgan fingerprint density at radius 3 is 2.12 bits per heavy atom. The van der Waals surface area contributed by atoms with Gasteiger partial charge >= 0.3 is 0 Å². The molecule has 0 amide bonds. The molecule has 0 radical (unpaired) electrons. The lowest BCUT2D eigenvalue weighted by Crippen LogP contribution is -2.21. The van der Waals surface area contributed by atoms with Gasteiger partial charge in [0.1, 0.15) is 0 Å². The summed E-state index contributed by atoms with van der Waals surface area (Å²) in [4.78, 5) is 0. The molecule has 0 aromatic rings. The average molecular weight is 224 g/mol. The van der Waals surface area contributed by atoms with Crippen molar-refractivity contribution in [3.63, 3.8) is 0 Å². The highest BCUT2D eigenvalue weighted by atomic mass is 14.3. The van der Waals surface area contributed by atoms with Crippen molar-refractivity contribution >= 4 is 0 Å². The molecule has 0 N–H and O–H groups in total. The summed E-state index contributed by atoms with van der Waals surface area (Å²) in [5.41, 5.74) is 0.588. The van der Waals surface area contributed by atoms with Crippen LogP contribution in [-0.4, -0.2) is 0 Å². The van der Waals surface area contributed by atoms with Gasteiger partial charge in [-0.1, -0.05) is 66.2 Å². The number of hydrogen-bond acceptors (Lipinski definition) is 0. The Labute approximate surface area is 103 Å². The van der Waals surface area contributed by atoms with Gasteiger partial charge in [-0.2, -0.15) is 0 Å². The zero-order valence-electron chi connectivity index (χ0n) is 12.0. The summed E-state index contributed by atoms with van der Waals surface area (Å²) in [6.07, 6.45) is 13.1. The first-order valence-electron chi connectivity index (χ1n) is 7.59.